The summed E-state index contributed by atoms with van der Waals surface area (Å²) >= 11 is 0. The quantitative estimate of drug-likeness (QED) is 0.642. The Balaban J connectivity index is 2.14. The van der Waals surface area contributed by atoms with Crippen molar-refractivity contribution in [3.05, 3.63) is 59.7 Å². The summed E-state index contributed by atoms with van der Waals surface area (Å²) in [6, 6.07) is 15.4. The van der Waals surface area contributed by atoms with Crippen molar-refractivity contribution < 1.29 is 14.6 Å². The van der Waals surface area contributed by atoms with E-state index >= 15 is 0 Å². The van der Waals surface area contributed by atoms with E-state index in [0.29, 0.717) is 6.61 Å². The van der Waals surface area contributed by atoms with Crippen LogP contribution in [0.25, 0.3) is 0 Å². The summed E-state index contributed by atoms with van der Waals surface area (Å²) in [5.74, 6) is 1.09. The van der Waals surface area contributed by atoms with Gasteiger partial charge in [-0.2, -0.15) is 0 Å². The maximum atomic E-state index is 9.40. The number of ether oxygens (including phenoxy) is 2. The highest BCUT2D eigenvalue weighted by molar-refractivity contribution is 5.41. The van der Waals surface area contributed by atoms with Gasteiger partial charge in [0.25, 0.3) is 0 Å². The van der Waals surface area contributed by atoms with Gasteiger partial charge in [-0.15, -0.1) is 0 Å². The van der Waals surface area contributed by atoms with Gasteiger partial charge in [0.2, 0.25) is 0 Å². The molecule has 0 aliphatic carbocycles. The SMILES string of the molecule is CCOCOc1ccc(C(C)(C)c2ccc(O)cc2)cc1. The third kappa shape index (κ3) is 3.76. The standard InChI is InChI=1S/C18H22O3/c1-4-20-13-21-17-11-7-15(8-12-17)18(2,3)14-5-9-16(19)10-6-14/h5-12,19H,4,13H2,1-3H3. The number of phenolic OH excluding ortho intramolecular Hbond substituents is 1. The van der Waals surface area contributed by atoms with Gasteiger partial charge in [-0.05, 0) is 42.3 Å². The zero-order valence-electron chi connectivity index (χ0n) is 12.8. The lowest BCUT2D eigenvalue weighted by Gasteiger charge is -2.26. The lowest BCUT2D eigenvalue weighted by atomic mass is 9.78. The summed E-state index contributed by atoms with van der Waals surface area (Å²) < 4.78 is 10.6. The highest BCUT2D eigenvalue weighted by atomic mass is 16.7. The normalized spacial score (nSPS) is 11.4. The van der Waals surface area contributed by atoms with Crippen LogP contribution < -0.4 is 4.74 Å². The summed E-state index contributed by atoms with van der Waals surface area (Å²) in [6.45, 7) is 7.18. The summed E-state index contributed by atoms with van der Waals surface area (Å²) in [5.41, 5.74) is 2.21. The van der Waals surface area contributed by atoms with Crippen LogP contribution in [0, 0.1) is 0 Å². The zero-order chi connectivity index (χ0) is 15.3. The summed E-state index contributed by atoms with van der Waals surface area (Å²) in [5, 5.41) is 9.40. The van der Waals surface area contributed by atoms with Crippen molar-refractivity contribution in [3.8, 4) is 11.5 Å². The van der Waals surface area contributed by atoms with E-state index in [1.165, 1.54) is 5.56 Å². The molecule has 21 heavy (non-hydrogen) atoms. The predicted octanol–water partition coefficient (Wildman–Crippen LogP) is 4.09. The minimum Gasteiger partial charge on any atom is -0.508 e. The van der Waals surface area contributed by atoms with Crippen molar-refractivity contribution >= 4 is 0 Å². The molecule has 0 aliphatic rings. The Labute approximate surface area is 126 Å². The molecular formula is C18H22O3. The molecule has 0 aromatic heterocycles. The number of hydrogen-bond acceptors (Lipinski definition) is 3. The topological polar surface area (TPSA) is 38.7 Å². The fourth-order valence-corrected chi connectivity index (χ4v) is 2.21. The second-order valence-corrected chi connectivity index (χ2v) is 5.45. The third-order valence-electron chi connectivity index (χ3n) is 3.68. The van der Waals surface area contributed by atoms with E-state index in [1.54, 1.807) is 12.1 Å². The Bertz CT molecular complexity index is 556. The van der Waals surface area contributed by atoms with Crippen molar-refractivity contribution in [1.82, 2.24) is 0 Å². The van der Waals surface area contributed by atoms with Crippen LogP contribution in [0.15, 0.2) is 48.5 Å². The lowest BCUT2D eigenvalue weighted by Crippen LogP contribution is -2.18. The van der Waals surface area contributed by atoms with Crippen LogP contribution in [0.2, 0.25) is 0 Å². The lowest BCUT2D eigenvalue weighted by molar-refractivity contribution is 0.0224. The molecule has 3 nitrogen and oxygen atoms in total. The summed E-state index contributed by atoms with van der Waals surface area (Å²) in [4.78, 5) is 0. The minimum atomic E-state index is -0.133. The van der Waals surface area contributed by atoms with Gasteiger partial charge in [-0.1, -0.05) is 38.1 Å². The van der Waals surface area contributed by atoms with E-state index in [1.807, 2.05) is 31.2 Å². The number of phenols is 1. The van der Waals surface area contributed by atoms with E-state index in [2.05, 4.69) is 26.0 Å². The van der Waals surface area contributed by atoms with Crippen LogP contribution in [-0.2, 0) is 10.2 Å². The van der Waals surface area contributed by atoms with E-state index in [0.717, 1.165) is 11.3 Å². The number of benzene rings is 2. The molecule has 2 aromatic rings. The summed E-state index contributed by atoms with van der Waals surface area (Å²) in [6.07, 6.45) is 0. The Morgan fingerprint density at radius 2 is 1.43 bits per heavy atom. The Morgan fingerprint density at radius 1 is 0.905 bits per heavy atom. The Morgan fingerprint density at radius 3 is 1.95 bits per heavy atom. The first-order chi connectivity index (χ1) is 10.0. The largest absolute Gasteiger partial charge is 0.508 e. The van der Waals surface area contributed by atoms with Crippen LogP contribution in [0.1, 0.15) is 31.9 Å². The molecule has 2 rings (SSSR count). The molecule has 0 atom stereocenters. The van der Waals surface area contributed by atoms with Gasteiger partial charge in [-0.25, -0.2) is 0 Å². The molecule has 2 aromatic carbocycles. The molecule has 0 amide bonds. The molecule has 0 fully saturated rings. The molecule has 0 aliphatic heterocycles. The zero-order valence-corrected chi connectivity index (χ0v) is 12.8. The molecule has 0 saturated heterocycles. The summed E-state index contributed by atoms with van der Waals surface area (Å²) in [7, 11) is 0. The second-order valence-electron chi connectivity index (χ2n) is 5.45. The molecule has 0 unspecified atom stereocenters. The maximum Gasteiger partial charge on any atom is 0.189 e. The molecule has 1 N–H and O–H groups in total. The highest BCUT2D eigenvalue weighted by Gasteiger charge is 2.22. The van der Waals surface area contributed by atoms with Gasteiger partial charge >= 0.3 is 0 Å². The van der Waals surface area contributed by atoms with Gasteiger partial charge in [0.1, 0.15) is 11.5 Å². The smallest absolute Gasteiger partial charge is 0.189 e. The van der Waals surface area contributed by atoms with Crippen LogP contribution in [0.5, 0.6) is 11.5 Å². The van der Waals surface area contributed by atoms with Crippen LogP contribution in [0.4, 0.5) is 0 Å². The van der Waals surface area contributed by atoms with Gasteiger partial charge in [-0.3, -0.25) is 0 Å². The predicted molar refractivity (Wildman–Crippen MR) is 83.8 cm³/mol. The van der Waals surface area contributed by atoms with Crippen LogP contribution in [-0.4, -0.2) is 18.5 Å². The fraction of sp³-hybridized carbons (Fsp3) is 0.333. The number of rotatable bonds is 6. The van der Waals surface area contributed by atoms with E-state index < -0.39 is 0 Å². The van der Waals surface area contributed by atoms with Crippen molar-refractivity contribution in [3.63, 3.8) is 0 Å². The van der Waals surface area contributed by atoms with E-state index in [-0.39, 0.29) is 18.0 Å². The molecule has 0 heterocycles. The van der Waals surface area contributed by atoms with Gasteiger partial charge in [0, 0.05) is 12.0 Å². The molecule has 0 radical (unpaired) electrons. The highest BCUT2D eigenvalue weighted by Crippen LogP contribution is 2.33. The van der Waals surface area contributed by atoms with Crippen LogP contribution in [0.3, 0.4) is 0 Å². The second kappa shape index (κ2) is 6.64. The Kier molecular flexibility index (Phi) is 4.86. The number of hydrogen-bond donors (Lipinski definition) is 1. The average Bonchev–Trinajstić information content (AvgIpc) is 2.48. The molecule has 3 heteroatoms. The maximum absolute atomic E-state index is 9.40. The van der Waals surface area contributed by atoms with Crippen molar-refractivity contribution in [2.45, 2.75) is 26.2 Å². The van der Waals surface area contributed by atoms with Crippen LogP contribution >= 0.6 is 0 Å². The molecule has 0 saturated carbocycles. The van der Waals surface area contributed by atoms with E-state index in [9.17, 15) is 5.11 Å². The fourth-order valence-electron chi connectivity index (χ4n) is 2.21. The number of aromatic hydroxyl groups is 1. The third-order valence-corrected chi connectivity index (χ3v) is 3.68. The Hall–Kier alpha value is -2.00. The van der Waals surface area contributed by atoms with Crippen molar-refractivity contribution in [2.75, 3.05) is 13.4 Å². The van der Waals surface area contributed by atoms with E-state index in [4.69, 9.17) is 9.47 Å². The average molecular weight is 286 g/mol. The van der Waals surface area contributed by atoms with Gasteiger partial charge in [0.05, 0.1) is 0 Å². The molecule has 0 bridgehead atoms. The van der Waals surface area contributed by atoms with Gasteiger partial charge in [0.15, 0.2) is 6.79 Å². The molecular weight excluding hydrogens is 264 g/mol. The molecule has 112 valence electrons. The minimum absolute atomic E-state index is 0.133. The van der Waals surface area contributed by atoms with Crippen molar-refractivity contribution in [2.24, 2.45) is 0 Å². The first-order valence-corrected chi connectivity index (χ1v) is 7.14. The molecule has 0 spiro atoms. The van der Waals surface area contributed by atoms with Crippen molar-refractivity contribution in [1.29, 1.82) is 0 Å². The van der Waals surface area contributed by atoms with Gasteiger partial charge < -0.3 is 14.6 Å². The first kappa shape index (κ1) is 15.4. The monoisotopic (exact) mass is 286 g/mol. The first-order valence-electron chi connectivity index (χ1n) is 7.14.